The number of nitrogens with two attached hydrogens (primary N) is 1. The Labute approximate surface area is 231 Å². The third-order valence-corrected chi connectivity index (χ3v) is 11.4. The van der Waals surface area contributed by atoms with E-state index >= 15 is 0 Å². The highest BCUT2D eigenvalue weighted by molar-refractivity contribution is 5.91. The second-order valence-corrected chi connectivity index (χ2v) is 14.3. The molecule has 4 aliphatic rings. The maximum atomic E-state index is 13.0. The Kier molecular flexibility index (Phi) is 7.61. The lowest BCUT2D eigenvalue weighted by Crippen LogP contribution is -2.51. The molecule has 2 saturated carbocycles. The van der Waals surface area contributed by atoms with Crippen molar-refractivity contribution >= 4 is 11.7 Å². The van der Waals surface area contributed by atoms with Crippen molar-refractivity contribution in [3.8, 4) is 0 Å². The number of nitrogen functional groups attached to an aromatic ring is 1. The van der Waals surface area contributed by atoms with Gasteiger partial charge >= 0.3 is 5.97 Å². The van der Waals surface area contributed by atoms with E-state index in [2.05, 4.69) is 52.8 Å². The van der Waals surface area contributed by atoms with Gasteiger partial charge in [-0.05, 0) is 109 Å². The van der Waals surface area contributed by atoms with Crippen LogP contribution in [0.5, 0.6) is 0 Å². The standard InChI is InChI=1S/C35H51NO2/c1-22(2)8-7-9-23(3)30-14-15-31-29-12-10-25-21-27(38-33(37)28-13-11-26(36)20-24(28)4)16-18-34(25,5)32(29)17-19-35(30,31)6/h10-11,13-15,20,22-23,27,29-32H,7-9,12,16-19,21,36H2,1-6H3/t23-,27+,29+,30-,31?,32?,34+,35-/m1/s1. The number of fused-ring (bicyclic) bond motifs is 5. The average molecular weight is 518 g/mol. The Bertz CT molecular complexity index is 1100. The molecular weight excluding hydrogens is 466 g/mol. The highest BCUT2D eigenvalue weighted by Gasteiger charge is 2.57. The minimum absolute atomic E-state index is 0.0216. The number of rotatable bonds is 7. The largest absolute Gasteiger partial charge is 0.458 e. The van der Waals surface area contributed by atoms with Gasteiger partial charge in [-0.25, -0.2) is 4.79 Å². The first kappa shape index (κ1) is 27.5. The second-order valence-electron chi connectivity index (χ2n) is 14.3. The molecule has 1 aromatic rings. The molecule has 0 aromatic heterocycles. The topological polar surface area (TPSA) is 52.3 Å². The predicted molar refractivity (Wildman–Crippen MR) is 158 cm³/mol. The fourth-order valence-electron chi connectivity index (χ4n) is 9.22. The lowest BCUT2D eigenvalue weighted by atomic mass is 9.46. The van der Waals surface area contributed by atoms with E-state index in [1.54, 1.807) is 17.7 Å². The van der Waals surface area contributed by atoms with E-state index in [4.69, 9.17) is 10.5 Å². The van der Waals surface area contributed by atoms with E-state index in [0.29, 0.717) is 22.6 Å². The van der Waals surface area contributed by atoms with Gasteiger partial charge in [0.15, 0.2) is 0 Å². The van der Waals surface area contributed by atoms with Crippen molar-refractivity contribution in [1.82, 2.24) is 0 Å². The summed E-state index contributed by atoms with van der Waals surface area (Å²) in [6.07, 6.45) is 18.8. The number of carbonyl (C=O) groups excluding carboxylic acids is 1. The van der Waals surface area contributed by atoms with Crippen LogP contribution in [0.4, 0.5) is 5.69 Å². The monoisotopic (exact) mass is 517 g/mol. The maximum absolute atomic E-state index is 13.0. The van der Waals surface area contributed by atoms with Crippen LogP contribution in [0.1, 0.15) is 108 Å². The van der Waals surface area contributed by atoms with Gasteiger partial charge in [-0.3, -0.25) is 0 Å². The zero-order valence-corrected chi connectivity index (χ0v) is 24.8. The van der Waals surface area contributed by atoms with Crippen molar-refractivity contribution in [3.63, 3.8) is 0 Å². The van der Waals surface area contributed by atoms with Crippen LogP contribution in [0.3, 0.4) is 0 Å². The zero-order chi connectivity index (χ0) is 27.2. The van der Waals surface area contributed by atoms with Crippen molar-refractivity contribution < 1.29 is 9.53 Å². The Morgan fingerprint density at radius 3 is 2.63 bits per heavy atom. The van der Waals surface area contributed by atoms with Crippen molar-refractivity contribution in [2.45, 2.75) is 105 Å². The quantitative estimate of drug-likeness (QED) is 0.223. The summed E-state index contributed by atoms with van der Waals surface area (Å²) in [5.41, 5.74) is 10.3. The lowest BCUT2D eigenvalue weighted by molar-refractivity contribution is -0.0512. The molecule has 2 unspecified atom stereocenters. The van der Waals surface area contributed by atoms with Gasteiger partial charge < -0.3 is 10.5 Å². The summed E-state index contributed by atoms with van der Waals surface area (Å²) in [4.78, 5) is 13.0. The second kappa shape index (κ2) is 10.5. The van der Waals surface area contributed by atoms with Crippen molar-refractivity contribution in [1.29, 1.82) is 0 Å². The van der Waals surface area contributed by atoms with Crippen molar-refractivity contribution in [3.05, 3.63) is 53.1 Å². The Morgan fingerprint density at radius 1 is 1.11 bits per heavy atom. The molecule has 0 spiro atoms. The van der Waals surface area contributed by atoms with Crippen molar-refractivity contribution in [2.24, 2.45) is 46.3 Å². The summed E-state index contributed by atoms with van der Waals surface area (Å²) < 4.78 is 6.07. The van der Waals surface area contributed by atoms with Crippen LogP contribution in [0.2, 0.25) is 0 Å². The summed E-state index contributed by atoms with van der Waals surface area (Å²) in [6, 6.07) is 5.44. The fraction of sp³-hybridized carbons (Fsp3) is 0.686. The van der Waals surface area contributed by atoms with Gasteiger partial charge in [0, 0.05) is 12.1 Å². The molecule has 38 heavy (non-hydrogen) atoms. The van der Waals surface area contributed by atoms with Crippen LogP contribution in [0.15, 0.2) is 42.0 Å². The fourth-order valence-corrected chi connectivity index (χ4v) is 9.22. The number of ether oxygens (including phenoxy) is 1. The molecule has 0 bridgehead atoms. The molecule has 208 valence electrons. The molecule has 3 nitrogen and oxygen atoms in total. The highest BCUT2D eigenvalue weighted by Crippen LogP contribution is 2.65. The molecule has 4 aliphatic carbocycles. The molecule has 0 saturated heterocycles. The van der Waals surface area contributed by atoms with E-state index in [0.717, 1.165) is 54.4 Å². The van der Waals surface area contributed by atoms with Gasteiger partial charge in [-0.2, -0.15) is 0 Å². The van der Waals surface area contributed by atoms with E-state index in [1.807, 2.05) is 13.0 Å². The van der Waals surface area contributed by atoms with Gasteiger partial charge in [-0.15, -0.1) is 0 Å². The number of hydrogen-bond acceptors (Lipinski definition) is 3. The molecule has 5 rings (SSSR count). The molecule has 2 N–H and O–H groups in total. The van der Waals surface area contributed by atoms with Gasteiger partial charge in [0.1, 0.15) is 6.10 Å². The molecule has 0 radical (unpaired) electrons. The summed E-state index contributed by atoms with van der Waals surface area (Å²) in [6.45, 7) is 14.3. The van der Waals surface area contributed by atoms with Gasteiger partial charge in [0.25, 0.3) is 0 Å². The Morgan fingerprint density at radius 2 is 1.89 bits per heavy atom. The SMILES string of the molecule is Cc1cc(N)ccc1C(=O)O[C@H]1CC[C@@]2(C)C(=CC[C@@H]3C2CC[C@@]2(C)C3C=C[C@@H]2[C@H](C)CCCC(C)C)C1. The summed E-state index contributed by atoms with van der Waals surface area (Å²) in [5, 5.41) is 0. The average Bonchev–Trinajstić information content (AvgIpc) is 3.21. The zero-order valence-electron chi connectivity index (χ0n) is 24.8. The minimum atomic E-state index is -0.205. The van der Waals surface area contributed by atoms with Crippen LogP contribution in [0.25, 0.3) is 0 Å². The van der Waals surface area contributed by atoms with Crippen LogP contribution in [-0.2, 0) is 4.74 Å². The van der Waals surface area contributed by atoms with Crippen molar-refractivity contribution in [2.75, 3.05) is 5.73 Å². The number of esters is 1. The normalized spacial score (nSPS) is 36.7. The molecule has 0 heterocycles. The number of aryl methyl sites for hydroxylation is 1. The first-order valence-corrected chi connectivity index (χ1v) is 15.5. The minimum Gasteiger partial charge on any atom is -0.458 e. The number of anilines is 1. The van der Waals surface area contributed by atoms with E-state index in [1.165, 1.54) is 38.5 Å². The molecule has 2 fully saturated rings. The summed E-state index contributed by atoms with van der Waals surface area (Å²) in [7, 11) is 0. The van der Waals surface area contributed by atoms with Crippen LogP contribution in [0, 0.1) is 53.3 Å². The molecule has 0 amide bonds. The third-order valence-electron chi connectivity index (χ3n) is 11.4. The molecule has 8 atom stereocenters. The van der Waals surface area contributed by atoms with E-state index in [-0.39, 0.29) is 17.5 Å². The van der Waals surface area contributed by atoms with Gasteiger partial charge in [-0.1, -0.05) is 77.7 Å². The number of allylic oxidation sites excluding steroid dienone is 3. The number of carbonyl (C=O) groups is 1. The van der Waals surface area contributed by atoms with E-state index in [9.17, 15) is 4.79 Å². The third kappa shape index (κ3) is 4.88. The van der Waals surface area contributed by atoms with Gasteiger partial charge in [0.05, 0.1) is 5.56 Å². The molecule has 3 heteroatoms. The Hall–Kier alpha value is -2.03. The maximum Gasteiger partial charge on any atom is 0.338 e. The lowest BCUT2D eigenvalue weighted by Gasteiger charge is -2.58. The summed E-state index contributed by atoms with van der Waals surface area (Å²) >= 11 is 0. The first-order valence-electron chi connectivity index (χ1n) is 15.5. The number of hydrogen-bond donors (Lipinski definition) is 1. The van der Waals surface area contributed by atoms with Crippen LogP contribution >= 0.6 is 0 Å². The number of benzene rings is 1. The first-order chi connectivity index (χ1) is 18.0. The van der Waals surface area contributed by atoms with Gasteiger partial charge in [0.2, 0.25) is 0 Å². The molecular formula is C35H51NO2. The smallest absolute Gasteiger partial charge is 0.338 e. The highest BCUT2D eigenvalue weighted by atomic mass is 16.5. The molecule has 0 aliphatic heterocycles. The predicted octanol–water partition coefficient (Wildman–Crippen LogP) is 8.92. The molecule has 1 aromatic carbocycles. The summed E-state index contributed by atoms with van der Waals surface area (Å²) in [5.74, 6) is 4.31. The van der Waals surface area contributed by atoms with E-state index < -0.39 is 0 Å². The Balaban J connectivity index is 1.26. The van der Waals surface area contributed by atoms with Crippen LogP contribution in [-0.4, -0.2) is 12.1 Å². The van der Waals surface area contributed by atoms with Crippen LogP contribution < -0.4 is 5.73 Å².